The van der Waals surface area contributed by atoms with E-state index in [0.717, 1.165) is 50.1 Å². The summed E-state index contributed by atoms with van der Waals surface area (Å²) in [6.45, 7) is 5.22. The van der Waals surface area contributed by atoms with Gasteiger partial charge < -0.3 is 10.6 Å². The number of carbonyl (C=O) groups excluding carboxylic acids is 2. The van der Waals surface area contributed by atoms with Crippen LogP contribution < -0.4 is 21.4 Å². The van der Waals surface area contributed by atoms with Crippen LogP contribution in [0.1, 0.15) is 84.5 Å². The predicted octanol–water partition coefficient (Wildman–Crippen LogP) is 1.94. The molecule has 4 N–H and O–H groups in total. The Morgan fingerprint density at radius 1 is 1.09 bits per heavy atom. The maximum Gasteiger partial charge on any atom is 0.242 e. The molecule has 32 heavy (non-hydrogen) atoms. The minimum absolute atomic E-state index is 0.130. The van der Waals surface area contributed by atoms with Crippen molar-refractivity contribution in [2.75, 3.05) is 13.1 Å². The van der Waals surface area contributed by atoms with E-state index >= 15 is 0 Å². The van der Waals surface area contributed by atoms with Crippen LogP contribution in [0.3, 0.4) is 0 Å². The zero-order chi connectivity index (χ0) is 23.8. The number of hydrogen-bond donors (Lipinski definition) is 4. The van der Waals surface area contributed by atoms with Crippen LogP contribution in [0.25, 0.3) is 0 Å². The second-order valence-electron chi connectivity index (χ2n) is 8.58. The molecule has 2 amide bonds. The molecule has 0 aromatic rings. The Bertz CT molecular complexity index is 624. The summed E-state index contributed by atoms with van der Waals surface area (Å²) in [5, 5.41) is 28.1. The van der Waals surface area contributed by atoms with Crippen molar-refractivity contribution in [3.8, 4) is 6.07 Å². The lowest BCUT2D eigenvalue weighted by atomic mass is 10.1. The topological polar surface area (TPSA) is 162 Å². The largest absolute Gasteiger partial charge is 0.354 e. The Morgan fingerprint density at radius 2 is 1.78 bits per heavy atom. The molecule has 0 saturated carbocycles. The third-order valence-corrected chi connectivity index (χ3v) is 5.23. The molecule has 1 aliphatic rings. The molecule has 11 nitrogen and oxygen atoms in total. The number of hydrazine groups is 2. The van der Waals surface area contributed by atoms with Crippen molar-refractivity contribution < 1.29 is 14.6 Å². The van der Waals surface area contributed by atoms with Gasteiger partial charge in [0.05, 0.1) is 6.07 Å². The lowest BCUT2D eigenvalue weighted by molar-refractivity contribution is -0.627. The maximum atomic E-state index is 12.6. The van der Waals surface area contributed by atoms with E-state index < -0.39 is 17.4 Å². The molecule has 1 saturated heterocycles. The summed E-state index contributed by atoms with van der Waals surface area (Å²) < 4.78 is 0. The zero-order valence-corrected chi connectivity index (χ0v) is 19.4. The van der Waals surface area contributed by atoms with Crippen LogP contribution in [0.2, 0.25) is 0 Å². The van der Waals surface area contributed by atoms with E-state index in [2.05, 4.69) is 41.3 Å². The molecule has 0 bridgehead atoms. The molecular weight excluding hydrogens is 414 g/mol. The molecule has 182 valence electrons. The Morgan fingerprint density at radius 3 is 2.41 bits per heavy atom. The number of rotatable bonds is 19. The molecule has 1 aliphatic heterocycles. The van der Waals surface area contributed by atoms with E-state index in [9.17, 15) is 19.7 Å². The first kappa shape index (κ1) is 27.6. The van der Waals surface area contributed by atoms with Crippen molar-refractivity contribution in [1.82, 2.24) is 26.5 Å². The van der Waals surface area contributed by atoms with Gasteiger partial charge in [0.1, 0.15) is 6.04 Å². The van der Waals surface area contributed by atoms with Crippen molar-refractivity contribution in [2.45, 2.75) is 96.8 Å². The zero-order valence-electron chi connectivity index (χ0n) is 19.4. The van der Waals surface area contributed by atoms with Crippen molar-refractivity contribution in [3.05, 3.63) is 10.1 Å². The SMILES string of the molecule is CC(C)CCNC(=O)[C@H](CCCN[C@@H]1NN1[N+](=O)[O-])NC(=O)CCCCCCCCC#N. The number of nitrogens with zero attached hydrogens (tertiary/aromatic N) is 3. The highest BCUT2D eigenvalue weighted by Gasteiger charge is 2.43. The molecular formula is C21H39N7O4. The first-order valence-electron chi connectivity index (χ1n) is 11.7. The van der Waals surface area contributed by atoms with Crippen molar-refractivity contribution in [3.63, 3.8) is 0 Å². The Balaban J connectivity index is 2.31. The van der Waals surface area contributed by atoms with Gasteiger partial charge in [-0.25, -0.2) is 10.1 Å². The highest BCUT2D eigenvalue weighted by molar-refractivity contribution is 5.87. The minimum atomic E-state index is -0.610. The summed E-state index contributed by atoms with van der Waals surface area (Å²) in [5.74, 6) is 0.158. The Hall–Kier alpha value is -2.45. The quantitative estimate of drug-likeness (QED) is 0.0998. The lowest BCUT2D eigenvalue weighted by Gasteiger charge is -2.19. The fraction of sp³-hybridized carbons (Fsp3) is 0.857. The monoisotopic (exact) mass is 453 g/mol. The summed E-state index contributed by atoms with van der Waals surface area (Å²) in [6, 6.07) is 1.53. The van der Waals surface area contributed by atoms with Crippen molar-refractivity contribution >= 4 is 11.8 Å². The van der Waals surface area contributed by atoms with Crippen LogP contribution in [0, 0.1) is 27.4 Å². The first-order chi connectivity index (χ1) is 15.3. The Labute approximate surface area is 190 Å². The molecule has 0 aromatic heterocycles. The molecule has 1 fully saturated rings. The number of nitrogens with one attached hydrogen (secondary N) is 4. The van der Waals surface area contributed by atoms with Gasteiger partial charge in [-0.05, 0) is 49.7 Å². The van der Waals surface area contributed by atoms with Gasteiger partial charge in [-0.15, -0.1) is 5.43 Å². The van der Waals surface area contributed by atoms with Gasteiger partial charge in [0.15, 0.2) is 5.03 Å². The van der Waals surface area contributed by atoms with E-state index in [4.69, 9.17) is 5.26 Å². The second kappa shape index (κ2) is 16.2. The second-order valence-corrected chi connectivity index (χ2v) is 8.58. The summed E-state index contributed by atoms with van der Waals surface area (Å²) in [4.78, 5) is 35.5. The lowest BCUT2D eigenvalue weighted by Crippen LogP contribution is -2.47. The van der Waals surface area contributed by atoms with E-state index in [1.807, 2.05) is 0 Å². The third kappa shape index (κ3) is 13.1. The Kier molecular flexibility index (Phi) is 14.0. The number of hydrogen-bond acceptors (Lipinski definition) is 7. The molecule has 0 aromatic carbocycles. The molecule has 1 heterocycles. The van der Waals surface area contributed by atoms with Crippen molar-refractivity contribution in [2.24, 2.45) is 5.92 Å². The molecule has 0 unspecified atom stereocenters. The maximum absolute atomic E-state index is 12.6. The average molecular weight is 454 g/mol. The number of nitro groups is 1. The predicted molar refractivity (Wildman–Crippen MR) is 120 cm³/mol. The first-order valence-corrected chi connectivity index (χ1v) is 11.7. The fourth-order valence-electron chi connectivity index (χ4n) is 3.25. The van der Waals surface area contributed by atoms with Gasteiger partial charge >= 0.3 is 0 Å². The highest BCUT2D eigenvalue weighted by Crippen LogP contribution is 2.09. The number of amides is 2. The van der Waals surface area contributed by atoms with E-state index in [0.29, 0.717) is 44.7 Å². The highest BCUT2D eigenvalue weighted by atomic mass is 16.7. The summed E-state index contributed by atoms with van der Waals surface area (Å²) in [7, 11) is 0. The van der Waals surface area contributed by atoms with Gasteiger partial charge in [-0.1, -0.05) is 39.5 Å². The van der Waals surface area contributed by atoms with Crippen LogP contribution in [0.15, 0.2) is 0 Å². The normalized spacial score (nSPS) is 15.8. The molecule has 2 atom stereocenters. The van der Waals surface area contributed by atoms with Crippen LogP contribution in [0.4, 0.5) is 0 Å². The standard InChI is InChI=1S/C21H39N7O4/c1-17(2)13-16-23-20(30)18(11-10-15-24-21-26-27(21)28(31)32)25-19(29)12-8-6-4-3-5-7-9-14-22/h17-18,21,24,26H,3-13,15-16H2,1-2H3,(H,23,30)(H,25,29)/t18-,21+,27?/m0/s1. The summed E-state index contributed by atoms with van der Waals surface area (Å²) in [5.41, 5.74) is 2.56. The molecule has 1 rings (SSSR count). The number of unbranched alkanes of at least 4 members (excludes halogenated alkanes) is 6. The van der Waals surface area contributed by atoms with Crippen LogP contribution in [-0.4, -0.2) is 47.4 Å². The van der Waals surface area contributed by atoms with Gasteiger partial charge in [0, 0.05) is 19.4 Å². The smallest absolute Gasteiger partial charge is 0.242 e. The van der Waals surface area contributed by atoms with Crippen molar-refractivity contribution in [1.29, 1.82) is 5.26 Å². The van der Waals surface area contributed by atoms with E-state index in [1.165, 1.54) is 0 Å². The molecule has 0 radical (unpaired) electrons. The molecule has 0 spiro atoms. The number of carbonyl (C=O) groups is 2. The third-order valence-electron chi connectivity index (χ3n) is 5.23. The van der Waals surface area contributed by atoms with E-state index in [-0.39, 0.29) is 11.8 Å². The van der Waals surface area contributed by atoms with Crippen LogP contribution in [0.5, 0.6) is 0 Å². The van der Waals surface area contributed by atoms with Gasteiger partial charge in [-0.2, -0.15) is 5.26 Å². The molecule has 0 aliphatic carbocycles. The number of nitriles is 1. The summed E-state index contributed by atoms with van der Waals surface area (Å²) >= 11 is 0. The minimum Gasteiger partial charge on any atom is -0.354 e. The fourth-order valence-corrected chi connectivity index (χ4v) is 3.25. The summed E-state index contributed by atoms with van der Waals surface area (Å²) in [6.07, 6.45) is 8.23. The average Bonchev–Trinajstić information content (AvgIpc) is 3.52. The van der Waals surface area contributed by atoms with Crippen LogP contribution in [-0.2, 0) is 9.59 Å². The van der Waals surface area contributed by atoms with Crippen LogP contribution >= 0.6 is 0 Å². The van der Waals surface area contributed by atoms with Gasteiger partial charge in [-0.3, -0.25) is 14.9 Å². The van der Waals surface area contributed by atoms with Gasteiger partial charge in [0.25, 0.3) is 0 Å². The van der Waals surface area contributed by atoms with Gasteiger partial charge in [0.2, 0.25) is 18.1 Å². The molecule has 11 heteroatoms. The van der Waals surface area contributed by atoms with E-state index in [1.54, 1.807) is 0 Å².